The van der Waals surface area contributed by atoms with Gasteiger partial charge >= 0.3 is 0 Å². The molecule has 3 aromatic rings. The molecule has 222 valence electrons. The van der Waals surface area contributed by atoms with Gasteiger partial charge in [-0.25, -0.2) is 4.98 Å². The Morgan fingerprint density at radius 2 is 1.90 bits per heavy atom. The third kappa shape index (κ3) is 9.10. The maximum absolute atomic E-state index is 12.9. The first-order valence-electron chi connectivity index (χ1n) is 12.8. The molecule has 0 bridgehead atoms. The molecular formula is C29H32Cl2N6O5. The fourth-order valence-corrected chi connectivity index (χ4v) is 4.25. The monoisotopic (exact) mass is 614 g/mol. The van der Waals surface area contributed by atoms with E-state index >= 15 is 0 Å². The minimum absolute atomic E-state index is 0.00143. The molecule has 0 aliphatic rings. The molecule has 0 saturated heterocycles. The fraction of sp³-hybridized carbons (Fsp3) is 0.241. The Bertz CT molecular complexity index is 1450. The second-order valence-corrected chi connectivity index (χ2v) is 9.73. The van der Waals surface area contributed by atoms with Gasteiger partial charge < -0.3 is 36.1 Å². The van der Waals surface area contributed by atoms with Gasteiger partial charge in [-0.05, 0) is 48.0 Å². The van der Waals surface area contributed by atoms with Gasteiger partial charge in [0.05, 0.1) is 35.2 Å². The molecule has 13 heteroatoms. The lowest BCUT2D eigenvalue weighted by molar-refractivity contribution is -0.122. The Labute approximate surface area is 254 Å². The van der Waals surface area contributed by atoms with Gasteiger partial charge in [-0.2, -0.15) is 0 Å². The molecule has 3 rings (SSSR count). The van der Waals surface area contributed by atoms with Crippen LogP contribution in [0.2, 0.25) is 10.0 Å². The molecule has 0 radical (unpaired) electrons. The third-order valence-corrected chi connectivity index (χ3v) is 6.67. The number of carbonyl (C=O) groups is 3. The van der Waals surface area contributed by atoms with Crippen LogP contribution in [0.25, 0.3) is 6.08 Å². The van der Waals surface area contributed by atoms with Gasteiger partial charge in [0.15, 0.2) is 0 Å². The summed E-state index contributed by atoms with van der Waals surface area (Å²) in [7, 11) is 3.16. The van der Waals surface area contributed by atoms with Gasteiger partial charge in [0.2, 0.25) is 17.7 Å². The molecule has 0 aliphatic heterocycles. The van der Waals surface area contributed by atoms with Crippen LogP contribution >= 0.6 is 23.2 Å². The standard InChI is InChI=1S/C29H32Cl2N6O5/c1-18(38)36-25-11-7-19(15-34-25)8-12-26(39)35-16-27(40)37(2)23-10-9-21(30)20(28(23)31)17-42-24-6-4-5-22(29(24)32)33-13-14-41-3/h4-12,15,33H,13-14,16-17,32H2,1-3H3,(H,35,39)(H,34,36,38)/b12-8+. The van der Waals surface area contributed by atoms with Crippen LogP contribution in [0.5, 0.6) is 5.75 Å². The van der Waals surface area contributed by atoms with Crippen LogP contribution in [-0.4, -0.2) is 56.6 Å². The number of methoxy groups -OCH3 is 1. The van der Waals surface area contributed by atoms with Crippen molar-refractivity contribution in [2.45, 2.75) is 13.5 Å². The Balaban J connectivity index is 1.60. The number of carbonyl (C=O) groups excluding carboxylic acids is 3. The van der Waals surface area contributed by atoms with Crippen molar-refractivity contribution in [1.29, 1.82) is 0 Å². The quantitative estimate of drug-likeness (QED) is 0.126. The number of hydrogen-bond donors (Lipinski definition) is 4. The topological polar surface area (TPSA) is 148 Å². The summed E-state index contributed by atoms with van der Waals surface area (Å²) in [6, 6.07) is 11.9. The predicted octanol–water partition coefficient (Wildman–Crippen LogP) is 4.36. The van der Waals surface area contributed by atoms with Crippen LogP contribution in [-0.2, 0) is 25.7 Å². The van der Waals surface area contributed by atoms with Crippen LogP contribution in [0.3, 0.4) is 0 Å². The number of nitrogens with one attached hydrogen (secondary N) is 3. The summed E-state index contributed by atoms with van der Waals surface area (Å²) in [5, 5.41) is 8.87. The van der Waals surface area contributed by atoms with Crippen molar-refractivity contribution >= 4 is 69.9 Å². The van der Waals surface area contributed by atoms with Gasteiger partial charge in [-0.1, -0.05) is 29.3 Å². The van der Waals surface area contributed by atoms with Crippen LogP contribution in [0.1, 0.15) is 18.1 Å². The lowest BCUT2D eigenvalue weighted by Gasteiger charge is -2.21. The maximum Gasteiger partial charge on any atom is 0.246 e. The van der Waals surface area contributed by atoms with E-state index in [1.54, 1.807) is 50.6 Å². The minimum atomic E-state index is -0.476. The largest absolute Gasteiger partial charge is 0.487 e. The first kappa shape index (κ1) is 32.2. The number of nitrogens with zero attached hydrogens (tertiary/aromatic N) is 2. The first-order valence-corrected chi connectivity index (χ1v) is 13.5. The predicted molar refractivity (Wildman–Crippen MR) is 166 cm³/mol. The van der Waals surface area contributed by atoms with Crippen molar-refractivity contribution in [3.8, 4) is 5.75 Å². The Morgan fingerprint density at radius 1 is 1.12 bits per heavy atom. The van der Waals surface area contributed by atoms with E-state index in [0.29, 0.717) is 57.9 Å². The molecule has 0 aliphatic carbocycles. The van der Waals surface area contributed by atoms with Gasteiger partial charge in [-0.3, -0.25) is 14.4 Å². The van der Waals surface area contributed by atoms with E-state index in [4.69, 9.17) is 38.4 Å². The molecule has 1 aromatic heterocycles. The average molecular weight is 616 g/mol. The van der Waals surface area contributed by atoms with Crippen molar-refractivity contribution in [3.63, 3.8) is 0 Å². The van der Waals surface area contributed by atoms with Gasteiger partial charge in [0.25, 0.3) is 0 Å². The zero-order valence-electron chi connectivity index (χ0n) is 23.4. The van der Waals surface area contributed by atoms with E-state index in [1.165, 1.54) is 30.2 Å². The number of halogens is 2. The molecule has 11 nitrogen and oxygen atoms in total. The number of aromatic nitrogens is 1. The highest BCUT2D eigenvalue weighted by molar-refractivity contribution is 6.38. The number of benzene rings is 2. The number of amides is 3. The van der Waals surface area contributed by atoms with Crippen molar-refractivity contribution < 1.29 is 23.9 Å². The molecule has 2 aromatic carbocycles. The van der Waals surface area contributed by atoms with E-state index < -0.39 is 11.8 Å². The molecule has 0 spiro atoms. The highest BCUT2D eigenvalue weighted by Crippen LogP contribution is 2.36. The molecule has 3 amide bonds. The number of anilines is 4. The van der Waals surface area contributed by atoms with E-state index in [9.17, 15) is 14.4 Å². The third-order valence-electron chi connectivity index (χ3n) is 5.89. The average Bonchev–Trinajstić information content (AvgIpc) is 2.96. The molecule has 5 N–H and O–H groups in total. The summed E-state index contributed by atoms with van der Waals surface area (Å²) in [5.41, 5.74) is 8.88. The zero-order chi connectivity index (χ0) is 30.6. The first-order chi connectivity index (χ1) is 20.1. The van der Waals surface area contributed by atoms with E-state index in [0.717, 1.165) is 0 Å². The maximum atomic E-state index is 12.9. The number of pyridine rings is 1. The molecule has 0 fully saturated rings. The number of hydrogen-bond acceptors (Lipinski definition) is 8. The van der Waals surface area contributed by atoms with Crippen molar-refractivity contribution in [3.05, 3.63) is 75.9 Å². The molecule has 0 unspecified atom stereocenters. The Kier molecular flexibility index (Phi) is 12.0. The number of rotatable bonds is 13. The van der Waals surface area contributed by atoms with Crippen LogP contribution < -0.4 is 31.3 Å². The molecular weight excluding hydrogens is 583 g/mol. The zero-order valence-corrected chi connectivity index (χ0v) is 24.9. The lowest BCUT2D eigenvalue weighted by Crippen LogP contribution is -2.37. The minimum Gasteiger partial charge on any atom is -0.487 e. The van der Waals surface area contributed by atoms with Crippen molar-refractivity contribution in [1.82, 2.24) is 10.3 Å². The summed E-state index contributed by atoms with van der Waals surface area (Å²) in [6.45, 7) is 2.20. The van der Waals surface area contributed by atoms with Crippen LogP contribution in [0, 0.1) is 0 Å². The number of likely N-dealkylation sites (N-methyl/N-ethyl adjacent to an activating group) is 1. The number of ether oxygens (including phenoxy) is 2. The number of para-hydroxylation sites is 1. The second-order valence-electron chi connectivity index (χ2n) is 8.95. The summed E-state index contributed by atoms with van der Waals surface area (Å²) < 4.78 is 11.0. The highest BCUT2D eigenvalue weighted by atomic mass is 35.5. The molecule has 1 heterocycles. The van der Waals surface area contributed by atoms with Gasteiger partial charge in [-0.15, -0.1) is 0 Å². The Morgan fingerprint density at radius 3 is 2.60 bits per heavy atom. The number of nitrogens with two attached hydrogens (primary N) is 1. The summed E-state index contributed by atoms with van der Waals surface area (Å²) in [6.07, 6.45) is 4.32. The smallest absolute Gasteiger partial charge is 0.246 e. The second kappa shape index (κ2) is 15.6. The van der Waals surface area contributed by atoms with E-state index in [-0.39, 0.29) is 24.1 Å². The summed E-state index contributed by atoms with van der Waals surface area (Å²) in [4.78, 5) is 41.6. The lowest BCUT2D eigenvalue weighted by atomic mass is 10.2. The van der Waals surface area contributed by atoms with Gasteiger partial charge in [0.1, 0.15) is 18.2 Å². The molecule has 0 atom stereocenters. The molecule has 42 heavy (non-hydrogen) atoms. The summed E-state index contributed by atoms with van der Waals surface area (Å²) >= 11 is 13.1. The van der Waals surface area contributed by atoms with Gasteiger partial charge in [0, 0.05) is 50.5 Å². The van der Waals surface area contributed by atoms with Crippen LogP contribution in [0.15, 0.2) is 54.7 Å². The van der Waals surface area contributed by atoms with Crippen molar-refractivity contribution in [2.24, 2.45) is 0 Å². The number of nitrogen functional groups attached to an aromatic ring is 1. The highest BCUT2D eigenvalue weighted by Gasteiger charge is 2.19. The van der Waals surface area contributed by atoms with Crippen LogP contribution in [0.4, 0.5) is 22.9 Å². The van der Waals surface area contributed by atoms with Crippen molar-refractivity contribution in [2.75, 3.05) is 55.1 Å². The van der Waals surface area contributed by atoms with E-state index in [1.807, 2.05) is 6.07 Å². The van der Waals surface area contributed by atoms with E-state index in [2.05, 4.69) is 20.9 Å². The molecule has 0 saturated carbocycles. The normalized spacial score (nSPS) is 10.8. The summed E-state index contributed by atoms with van der Waals surface area (Å²) in [5.74, 6) is -0.279. The SMILES string of the molecule is COCCNc1cccc(OCc2c(Cl)ccc(N(C)C(=O)CNC(=O)/C=C/c3ccc(NC(C)=O)nc3)c2Cl)c1N. The fourth-order valence-electron chi connectivity index (χ4n) is 3.64. The Hall–Kier alpha value is -4.32.